The quantitative estimate of drug-likeness (QED) is 0.127. The Morgan fingerprint density at radius 2 is 0.725 bits per heavy atom. The molecule has 4 N–H and O–H groups in total. The predicted octanol–water partition coefficient (Wildman–Crippen LogP) is 10.9. The summed E-state index contributed by atoms with van der Waals surface area (Å²) in [6.07, 6.45) is -14.8. The molecule has 0 heterocycles. The summed E-state index contributed by atoms with van der Waals surface area (Å²) in [5.74, 6) is -56.3. The first-order valence-electron chi connectivity index (χ1n) is 11.9. The average molecular weight is 808 g/mol. The molecule has 0 bridgehead atoms. The molecule has 0 unspecified atom stereocenters. The highest BCUT2D eigenvalue weighted by Gasteiger charge is 2.84. The molecule has 2 aromatic carbocycles. The molecule has 0 saturated heterocycles. The standard InChI is InChI=1S/C24H10F22N2O2S/c25-13(17(29,30)19(33,34)21(37,38)23(41,42)43)15(27)49-11-5-7(1-3-9(11)47)51-8-2-4-10(48)12(6-8)50-16(28)14(26)18(31,32)20(35,36)22(39,40)24(44,45)46/h1-6H,47-48H2. The van der Waals surface area contributed by atoms with Crippen LogP contribution in [0.15, 0.2) is 69.9 Å². The van der Waals surface area contributed by atoms with Gasteiger partial charge in [0.25, 0.3) is 0 Å². The summed E-state index contributed by atoms with van der Waals surface area (Å²) in [5.41, 5.74) is 8.79. The summed E-state index contributed by atoms with van der Waals surface area (Å²) < 4.78 is 298. The number of ether oxygens (including phenoxy) is 2. The van der Waals surface area contributed by atoms with Crippen molar-refractivity contribution in [3.8, 4) is 11.5 Å². The maximum Gasteiger partial charge on any atom is 0.460 e. The van der Waals surface area contributed by atoms with Crippen molar-refractivity contribution in [1.29, 1.82) is 0 Å². The average Bonchev–Trinajstić information content (AvgIpc) is 2.97. The Morgan fingerprint density at radius 3 is 0.980 bits per heavy atom. The van der Waals surface area contributed by atoms with E-state index in [1.165, 1.54) is 0 Å². The van der Waals surface area contributed by atoms with Crippen LogP contribution < -0.4 is 20.9 Å². The van der Waals surface area contributed by atoms with Gasteiger partial charge in [-0.3, -0.25) is 0 Å². The number of nitrogen functional groups attached to an aromatic ring is 2. The van der Waals surface area contributed by atoms with Crippen LogP contribution in [0.1, 0.15) is 0 Å². The second-order valence-corrected chi connectivity index (χ2v) is 10.5. The molecule has 27 heteroatoms. The zero-order valence-corrected chi connectivity index (χ0v) is 24.0. The van der Waals surface area contributed by atoms with E-state index in [9.17, 15) is 96.6 Å². The van der Waals surface area contributed by atoms with Crippen LogP contribution in [-0.2, 0) is 0 Å². The van der Waals surface area contributed by atoms with Crippen molar-refractivity contribution in [3.63, 3.8) is 0 Å². The molecular weight excluding hydrogens is 798 g/mol. The Kier molecular flexibility index (Phi) is 11.4. The number of halogens is 22. The van der Waals surface area contributed by atoms with Crippen LogP contribution in [0, 0.1) is 0 Å². The Bertz CT molecular complexity index is 1560. The van der Waals surface area contributed by atoms with Gasteiger partial charge in [0.2, 0.25) is 11.7 Å². The summed E-state index contributed by atoms with van der Waals surface area (Å²) >= 11 is 0.216. The monoisotopic (exact) mass is 808 g/mol. The van der Waals surface area contributed by atoms with Crippen LogP contribution in [0.25, 0.3) is 0 Å². The van der Waals surface area contributed by atoms with Crippen molar-refractivity contribution in [1.82, 2.24) is 0 Å². The van der Waals surface area contributed by atoms with Gasteiger partial charge in [0.1, 0.15) is 0 Å². The highest BCUT2D eigenvalue weighted by molar-refractivity contribution is 7.99. The Balaban J connectivity index is 2.44. The Labute approximate surface area is 270 Å². The van der Waals surface area contributed by atoms with Crippen LogP contribution >= 0.6 is 11.8 Å². The maximum atomic E-state index is 14.1. The molecule has 288 valence electrons. The highest BCUT2D eigenvalue weighted by atomic mass is 32.2. The van der Waals surface area contributed by atoms with Gasteiger partial charge in [-0.25, -0.2) is 0 Å². The van der Waals surface area contributed by atoms with E-state index in [0.29, 0.717) is 24.3 Å². The van der Waals surface area contributed by atoms with Gasteiger partial charge < -0.3 is 20.9 Å². The minimum atomic E-state index is -7.65. The third-order valence-electron chi connectivity index (χ3n) is 5.79. The third-order valence-corrected chi connectivity index (χ3v) is 6.77. The molecule has 0 aliphatic carbocycles. The molecule has 0 saturated carbocycles. The van der Waals surface area contributed by atoms with Gasteiger partial charge in [-0.2, -0.15) is 96.6 Å². The summed E-state index contributed by atoms with van der Waals surface area (Å²) in [4.78, 5) is -0.904. The number of hydrogen-bond donors (Lipinski definition) is 2. The van der Waals surface area contributed by atoms with Crippen LogP contribution in [0.4, 0.5) is 108 Å². The zero-order valence-electron chi connectivity index (χ0n) is 23.2. The van der Waals surface area contributed by atoms with Crippen LogP contribution in [0.5, 0.6) is 11.5 Å². The number of anilines is 2. The maximum absolute atomic E-state index is 14.1. The number of rotatable bonds is 12. The lowest BCUT2D eigenvalue weighted by atomic mass is 10.0. The Hall–Kier alpha value is -4.07. The summed E-state index contributed by atoms with van der Waals surface area (Å²) in [6.45, 7) is 0. The van der Waals surface area contributed by atoms with E-state index in [2.05, 4.69) is 9.47 Å². The van der Waals surface area contributed by atoms with E-state index in [-0.39, 0.29) is 11.8 Å². The lowest BCUT2D eigenvalue weighted by Crippen LogP contribution is -2.61. The van der Waals surface area contributed by atoms with E-state index in [1.807, 2.05) is 0 Å². The summed E-state index contributed by atoms with van der Waals surface area (Å²) in [5, 5.41) is 0. The number of allylic oxidation sites excluding steroid dienone is 2. The molecule has 0 aromatic heterocycles. The molecule has 0 radical (unpaired) electrons. The van der Waals surface area contributed by atoms with Crippen molar-refractivity contribution in [2.24, 2.45) is 0 Å². The fraction of sp³-hybridized carbons (Fsp3) is 0.333. The van der Waals surface area contributed by atoms with E-state index in [0.717, 1.165) is 12.1 Å². The molecule has 0 fully saturated rings. The highest BCUT2D eigenvalue weighted by Crippen LogP contribution is 2.57. The van der Waals surface area contributed by atoms with Crippen molar-refractivity contribution < 1.29 is 106 Å². The Morgan fingerprint density at radius 1 is 0.451 bits per heavy atom. The van der Waals surface area contributed by atoms with Crippen molar-refractivity contribution in [2.75, 3.05) is 11.5 Å². The van der Waals surface area contributed by atoms with Gasteiger partial charge >= 0.3 is 59.9 Å². The molecular formula is C24H10F22N2O2S. The molecule has 2 rings (SSSR count). The SMILES string of the molecule is Nc1ccc(Sc2ccc(N)c(OC(F)=C(F)C(F)(F)C(F)(F)C(F)(F)C(F)(F)F)c2)cc1OC(F)=C(F)C(F)(F)C(F)(F)C(F)(F)C(F)(F)F. The second kappa shape index (κ2) is 13.5. The third kappa shape index (κ3) is 7.61. The molecule has 51 heavy (non-hydrogen) atoms. The normalized spacial score (nSPS) is 15.3. The van der Waals surface area contributed by atoms with E-state index < -0.39 is 104 Å². The van der Waals surface area contributed by atoms with Crippen molar-refractivity contribution >= 4 is 23.1 Å². The fourth-order valence-electron chi connectivity index (χ4n) is 3.02. The summed E-state index contributed by atoms with van der Waals surface area (Å²) in [7, 11) is 0. The molecule has 2 aromatic rings. The van der Waals surface area contributed by atoms with Gasteiger partial charge in [0, 0.05) is 9.79 Å². The topological polar surface area (TPSA) is 70.5 Å². The lowest BCUT2D eigenvalue weighted by molar-refractivity contribution is -0.392. The van der Waals surface area contributed by atoms with Crippen LogP contribution in [-0.4, -0.2) is 47.9 Å². The first-order valence-corrected chi connectivity index (χ1v) is 12.8. The number of alkyl halides is 18. The van der Waals surface area contributed by atoms with E-state index >= 15 is 0 Å². The van der Waals surface area contributed by atoms with Gasteiger partial charge in [-0.1, -0.05) is 11.8 Å². The van der Waals surface area contributed by atoms with E-state index in [4.69, 9.17) is 11.5 Å². The first-order chi connectivity index (χ1) is 22.6. The second-order valence-electron chi connectivity index (χ2n) is 9.32. The number of hydrogen-bond acceptors (Lipinski definition) is 5. The van der Waals surface area contributed by atoms with E-state index in [1.54, 1.807) is 0 Å². The van der Waals surface area contributed by atoms with Gasteiger partial charge in [-0.05, 0) is 36.4 Å². The largest absolute Gasteiger partial charge is 0.460 e. The minimum Gasteiger partial charge on any atom is -0.427 e. The molecule has 0 atom stereocenters. The smallest absolute Gasteiger partial charge is 0.427 e. The number of benzene rings is 2. The lowest BCUT2D eigenvalue weighted by Gasteiger charge is -2.32. The zero-order chi connectivity index (χ0) is 40.1. The predicted molar refractivity (Wildman–Crippen MR) is 127 cm³/mol. The van der Waals surface area contributed by atoms with Crippen LogP contribution in [0.3, 0.4) is 0 Å². The summed E-state index contributed by atoms with van der Waals surface area (Å²) in [6, 6.07) is -3.33. The minimum absolute atomic E-state index is 0.216. The van der Waals surface area contributed by atoms with Crippen LogP contribution in [0.2, 0.25) is 0 Å². The molecule has 0 aliphatic heterocycles. The first kappa shape index (κ1) is 43.1. The van der Waals surface area contributed by atoms with Crippen molar-refractivity contribution in [2.45, 2.75) is 57.7 Å². The molecule has 0 spiro atoms. The fourth-order valence-corrected chi connectivity index (χ4v) is 3.90. The van der Waals surface area contributed by atoms with Gasteiger partial charge in [0.15, 0.2) is 11.5 Å². The molecule has 0 amide bonds. The van der Waals surface area contributed by atoms with Gasteiger partial charge in [-0.15, -0.1) is 0 Å². The molecule has 4 nitrogen and oxygen atoms in total. The van der Waals surface area contributed by atoms with Gasteiger partial charge in [0.05, 0.1) is 11.4 Å². The molecule has 0 aliphatic rings. The number of nitrogens with two attached hydrogens (primary N) is 2. The van der Waals surface area contributed by atoms with Crippen molar-refractivity contribution in [3.05, 3.63) is 60.1 Å².